The SMILES string of the molecule is Cc1cccc(OCCCNC(=O)Nc2nc3ccccc3s2)c1. The molecule has 3 rings (SSSR count). The number of para-hydroxylation sites is 1. The molecule has 0 radical (unpaired) electrons. The molecule has 0 atom stereocenters. The van der Waals surface area contributed by atoms with Gasteiger partial charge in [0.1, 0.15) is 5.75 Å². The van der Waals surface area contributed by atoms with Gasteiger partial charge >= 0.3 is 6.03 Å². The van der Waals surface area contributed by atoms with Crippen LogP contribution in [-0.4, -0.2) is 24.2 Å². The number of fused-ring (bicyclic) bond motifs is 1. The fraction of sp³-hybridized carbons (Fsp3) is 0.222. The van der Waals surface area contributed by atoms with Gasteiger partial charge in [-0.05, 0) is 43.2 Å². The number of hydrogen-bond acceptors (Lipinski definition) is 4. The number of thiazole rings is 1. The van der Waals surface area contributed by atoms with E-state index in [1.807, 2.05) is 55.5 Å². The standard InChI is InChI=1S/C18H19N3O2S/c1-13-6-4-7-14(12-13)23-11-5-10-19-17(22)21-18-20-15-8-2-3-9-16(15)24-18/h2-4,6-9,12H,5,10-11H2,1H3,(H2,19,20,21,22). The van der Waals surface area contributed by atoms with Gasteiger partial charge in [-0.15, -0.1) is 0 Å². The monoisotopic (exact) mass is 341 g/mol. The molecule has 6 heteroatoms. The van der Waals surface area contributed by atoms with Gasteiger partial charge < -0.3 is 10.1 Å². The first-order valence-corrected chi connectivity index (χ1v) is 8.62. The van der Waals surface area contributed by atoms with E-state index in [4.69, 9.17) is 4.74 Å². The van der Waals surface area contributed by atoms with Crippen molar-refractivity contribution in [3.63, 3.8) is 0 Å². The highest BCUT2D eigenvalue weighted by Gasteiger charge is 2.06. The number of urea groups is 1. The van der Waals surface area contributed by atoms with Crippen LogP contribution in [0.25, 0.3) is 10.2 Å². The minimum Gasteiger partial charge on any atom is -0.494 e. The molecule has 1 heterocycles. The number of ether oxygens (including phenoxy) is 1. The van der Waals surface area contributed by atoms with Crippen LogP contribution in [0, 0.1) is 6.92 Å². The topological polar surface area (TPSA) is 63.2 Å². The molecular weight excluding hydrogens is 322 g/mol. The van der Waals surface area contributed by atoms with Gasteiger partial charge in [-0.25, -0.2) is 9.78 Å². The van der Waals surface area contributed by atoms with Crippen molar-refractivity contribution in [1.29, 1.82) is 0 Å². The van der Waals surface area contributed by atoms with Crippen LogP contribution in [0.3, 0.4) is 0 Å². The van der Waals surface area contributed by atoms with Crippen LogP contribution in [0.2, 0.25) is 0 Å². The number of hydrogen-bond donors (Lipinski definition) is 2. The Morgan fingerprint density at radius 2 is 2.08 bits per heavy atom. The van der Waals surface area contributed by atoms with Crippen LogP contribution in [0.15, 0.2) is 48.5 Å². The van der Waals surface area contributed by atoms with E-state index in [-0.39, 0.29) is 6.03 Å². The summed E-state index contributed by atoms with van der Waals surface area (Å²) in [5, 5.41) is 6.18. The number of amides is 2. The second-order valence-corrected chi connectivity index (χ2v) is 6.42. The first-order chi connectivity index (χ1) is 11.7. The van der Waals surface area contributed by atoms with Gasteiger partial charge in [0.25, 0.3) is 0 Å². The summed E-state index contributed by atoms with van der Waals surface area (Å²) in [6, 6.07) is 15.5. The molecule has 3 aromatic rings. The molecule has 124 valence electrons. The van der Waals surface area contributed by atoms with E-state index in [9.17, 15) is 4.79 Å². The van der Waals surface area contributed by atoms with Crippen molar-refractivity contribution in [3.05, 3.63) is 54.1 Å². The number of nitrogens with one attached hydrogen (secondary N) is 2. The number of anilines is 1. The molecular formula is C18H19N3O2S. The highest BCUT2D eigenvalue weighted by Crippen LogP contribution is 2.25. The third kappa shape index (κ3) is 4.45. The Morgan fingerprint density at radius 1 is 1.21 bits per heavy atom. The van der Waals surface area contributed by atoms with Crippen LogP contribution in [0.5, 0.6) is 5.75 Å². The van der Waals surface area contributed by atoms with E-state index < -0.39 is 0 Å². The Hall–Kier alpha value is -2.60. The maximum atomic E-state index is 11.9. The molecule has 1 aromatic heterocycles. The van der Waals surface area contributed by atoms with E-state index in [0.29, 0.717) is 18.3 Å². The first kappa shape index (κ1) is 16.3. The molecule has 0 saturated carbocycles. The normalized spacial score (nSPS) is 10.5. The number of nitrogens with zero attached hydrogens (tertiary/aromatic N) is 1. The Bertz CT molecular complexity index is 799. The summed E-state index contributed by atoms with van der Waals surface area (Å²) < 4.78 is 6.70. The first-order valence-electron chi connectivity index (χ1n) is 7.80. The number of carbonyl (C=O) groups is 1. The zero-order chi connectivity index (χ0) is 16.8. The van der Waals surface area contributed by atoms with Crippen LogP contribution in [-0.2, 0) is 0 Å². The second-order valence-electron chi connectivity index (χ2n) is 5.39. The Morgan fingerprint density at radius 3 is 2.92 bits per heavy atom. The minimum absolute atomic E-state index is 0.246. The lowest BCUT2D eigenvalue weighted by Gasteiger charge is -2.08. The van der Waals surface area contributed by atoms with Crippen LogP contribution in [0.1, 0.15) is 12.0 Å². The van der Waals surface area contributed by atoms with Gasteiger partial charge in [0.2, 0.25) is 0 Å². The van der Waals surface area contributed by atoms with Gasteiger partial charge in [-0.3, -0.25) is 5.32 Å². The predicted octanol–water partition coefficient (Wildman–Crippen LogP) is 4.20. The maximum absolute atomic E-state index is 11.9. The van der Waals surface area contributed by atoms with E-state index in [1.54, 1.807) is 0 Å². The molecule has 5 nitrogen and oxygen atoms in total. The molecule has 0 aliphatic carbocycles. The molecule has 0 fully saturated rings. The van der Waals surface area contributed by atoms with Gasteiger partial charge in [-0.2, -0.15) is 0 Å². The average molecular weight is 341 g/mol. The van der Waals surface area contributed by atoms with Crippen LogP contribution in [0.4, 0.5) is 9.93 Å². The van der Waals surface area contributed by atoms with Gasteiger partial charge in [0.15, 0.2) is 5.13 Å². The zero-order valence-corrected chi connectivity index (χ0v) is 14.2. The van der Waals surface area contributed by atoms with E-state index in [0.717, 1.165) is 22.4 Å². The average Bonchev–Trinajstić information content (AvgIpc) is 2.96. The molecule has 2 N–H and O–H groups in total. The van der Waals surface area contributed by atoms with Crippen molar-refractivity contribution in [2.75, 3.05) is 18.5 Å². The van der Waals surface area contributed by atoms with E-state index >= 15 is 0 Å². The third-order valence-corrected chi connectivity index (χ3v) is 4.33. The van der Waals surface area contributed by atoms with E-state index in [2.05, 4.69) is 15.6 Å². The summed E-state index contributed by atoms with van der Waals surface area (Å²) >= 11 is 1.46. The molecule has 0 aliphatic heterocycles. The van der Waals surface area contributed by atoms with Crippen LogP contribution < -0.4 is 15.4 Å². The summed E-state index contributed by atoms with van der Waals surface area (Å²) in [5.41, 5.74) is 2.06. The van der Waals surface area contributed by atoms with Gasteiger partial charge in [0, 0.05) is 6.54 Å². The van der Waals surface area contributed by atoms with E-state index in [1.165, 1.54) is 16.9 Å². The number of carbonyl (C=O) groups excluding carboxylic acids is 1. The molecule has 0 bridgehead atoms. The smallest absolute Gasteiger partial charge is 0.321 e. The lowest BCUT2D eigenvalue weighted by molar-refractivity contribution is 0.250. The molecule has 0 unspecified atom stereocenters. The Kier molecular flexibility index (Phi) is 5.28. The lowest BCUT2D eigenvalue weighted by Crippen LogP contribution is -2.30. The quantitative estimate of drug-likeness (QED) is 0.661. The number of rotatable bonds is 6. The summed E-state index contributed by atoms with van der Waals surface area (Å²) in [6.07, 6.45) is 0.737. The summed E-state index contributed by atoms with van der Waals surface area (Å²) in [5.74, 6) is 0.855. The van der Waals surface area contributed by atoms with Gasteiger partial charge in [0.05, 0.1) is 16.8 Å². The minimum atomic E-state index is -0.246. The number of benzene rings is 2. The molecule has 0 saturated heterocycles. The fourth-order valence-electron chi connectivity index (χ4n) is 2.24. The van der Waals surface area contributed by atoms with Crippen molar-refractivity contribution in [3.8, 4) is 5.75 Å². The Labute approximate surface area is 144 Å². The molecule has 0 spiro atoms. The summed E-state index contributed by atoms with van der Waals surface area (Å²) in [6.45, 7) is 3.13. The molecule has 0 aliphatic rings. The lowest BCUT2D eigenvalue weighted by atomic mass is 10.2. The highest BCUT2D eigenvalue weighted by atomic mass is 32.1. The summed E-state index contributed by atoms with van der Waals surface area (Å²) in [4.78, 5) is 16.2. The number of aryl methyl sites for hydroxylation is 1. The van der Waals surface area contributed by atoms with Crippen molar-refractivity contribution in [2.45, 2.75) is 13.3 Å². The van der Waals surface area contributed by atoms with Crippen molar-refractivity contribution in [2.24, 2.45) is 0 Å². The highest BCUT2D eigenvalue weighted by molar-refractivity contribution is 7.22. The fourth-order valence-corrected chi connectivity index (χ4v) is 3.10. The van der Waals surface area contributed by atoms with Crippen molar-refractivity contribution < 1.29 is 9.53 Å². The summed E-state index contributed by atoms with van der Waals surface area (Å²) in [7, 11) is 0. The van der Waals surface area contributed by atoms with Crippen molar-refractivity contribution in [1.82, 2.24) is 10.3 Å². The second kappa shape index (κ2) is 7.79. The number of aromatic nitrogens is 1. The van der Waals surface area contributed by atoms with Crippen LogP contribution >= 0.6 is 11.3 Å². The molecule has 2 amide bonds. The maximum Gasteiger partial charge on any atom is 0.321 e. The zero-order valence-electron chi connectivity index (χ0n) is 13.4. The largest absolute Gasteiger partial charge is 0.494 e. The molecule has 24 heavy (non-hydrogen) atoms. The third-order valence-electron chi connectivity index (χ3n) is 3.38. The van der Waals surface area contributed by atoms with Gasteiger partial charge in [-0.1, -0.05) is 35.6 Å². The Balaban J connectivity index is 1.38. The molecule has 2 aromatic carbocycles. The van der Waals surface area contributed by atoms with Crippen molar-refractivity contribution >= 4 is 32.7 Å². The predicted molar refractivity (Wildman–Crippen MR) is 97.9 cm³/mol.